The van der Waals surface area contributed by atoms with Crippen molar-refractivity contribution in [1.29, 1.82) is 0 Å². The molecule has 0 aliphatic carbocycles. The van der Waals surface area contributed by atoms with Gasteiger partial charge in [0.25, 0.3) is 10.2 Å². The van der Waals surface area contributed by atoms with Crippen LogP contribution in [-0.2, 0) is 16.6 Å². The number of rotatable bonds is 9. The van der Waals surface area contributed by atoms with Gasteiger partial charge in [-0.3, -0.25) is 4.72 Å². The fourth-order valence-corrected chi connectivity index (χ4v) is 4.38. The van der Waals surface area contributed by atoms with Crippen molar-refractivity contribution in [2.45, 2.75) is 13.3 Å². The normalized spacial score (nSPS) is 11.4. The Labute approximate surface area is 211 Å². The van der Waals surface area contributed by atoms with Gasteiger partial charge in [-0.25, -0.2) is 27.3 Å². The molecule has 3 aromatic rings. The number of halogens is 5. The van der Waals surface area contributed by atoms with Gasteiger partial charge in [0.15, 0.2) is 23.3 Å². The molecule has 0 aliphatic rings. The largest absolute Gasteiger partial charge is 0.478 e. The first kappa shape index (κ1) is 26.6. The zero-order chi connectivity index (χ0) is 25.9. The molecule has 0 aliphatic heterocycles. The summed E-state index contributed by atoms with van der Waals surface area (Å²) >= 11 is 1.84. The van der Waals surface area contributed by atoms with E-state index < -0.39 is 68.5 Å². The molecule has 0 saturated heterocycles. The molecule has 14 heteroatoms. The standard InChI is InChI=1S/C21H17F4IN4O4S/c1-2-28-35(33,34)30-20-17(24)10(5-6-27-20)7-11-8-13(21(31)32)19(18(25)16(11)23)29-15-4-3-12(26)9-14(15)22/h3-6,8-9,28-29H,2,7H2,1H3,(H,27,30)(H,31,32). The molecule has 0 bridgehead atoms. The zero-order valence-corrected chi connectivity index (χ0v) is 20.8. The number of carboxylic acids is 1. The van der Waals surface area contributed by atoms with E-state index in [-0.39, 0.29) is 17.8 Å². The number of hydrogen-bond donors (Lipinski definition) is 4. The number of pyridine rings is 1. The molecule has 0 fully saturated rings. The van der Waals surface area contributed by atoms with Crippen molar-refractivity contribution in [3.05, 3.63) is 80.1 Å². The summed E-state index contributed by atoms with van der Waals surface area (Å²) in [6.07, 6.45) is 0.412. The first-order valence-corrected chi connectivity index (χ1v) is 12.4. The van der Waals surface area contributed by atoms with E-state index in [1.807, 2.05) is 27.3 Å². The van der Waals surface area contributed by atoms with Gasteiger partial charge < -0.3 is 10.4 Å². The zero-order valence-electron chi connectivity index (χ0n) is 17.8. The van der Waals surface area contributed by atoms with E-state index in [9.17, 15) is 35.9 Å². The maximum Gasteiger partial charge on any atom is 0.337 e. The van der Waals surface area contributed by atoms with Crippen LogP contribution in [0.3, 0.4) is 0 Å². The highest BCUT2D eigenvalue weighted by molar-refractivity contribution is 14.1. The Kier molecular flexibility index (Phi) is 8.17. The summed E-state index contributed by atoms with van der Waals surface area (Å²) in [6.45, 7) is 1.52. The molecule has 8 nitrogen and oxygen atoms in total. The Bertz CT molecular complexity index is 1410. The number of hydrogen-bond acceptors (Lipinski definition) is 5. The summed E-state index contributed by atoms with van der Waals surface area (Å²) in [7, 11) is -4.12. The molecule has 2 aromatic carbocycles. The molecule has 1 heterocycles. The number of nitrogens with one attached hydrogen (secondary N) is 3. The van der Waals surface area contributed by atoms with Crippen molar-refractivity contribution in [2.24, 2.45) is 0 Å². The maximum atomic E-state index is 14.9. The third-order valence-electron chi connectivity index (χ3n) is 4.62. The van der Waals surface area contributed by atoms with Crippen molar-refractivity contribution < 1.29 is 35.9 Å². The number of aromatic carboxylic acids is 1. The van der Waals surface area contributed by atoms with Crippen LogP contribution in [0, 0.1) is 26.8 Å². The van der Waals surface area contributed by atoms with Gasteiger partial charge in [-0.1, -0.05) is 6.92 Å². The average molecular weight is 624 g/mol. The van der Waals surface area contributed by atoms with Crippen molar-refractivity contribution in [3.63, 3.8) is 0 Å². The van der Waals surface area contributed by atoms with Gasteiger partial charge in [0.1, 0.15) is 5.82 Å². The number of anilines is 3. The van der Waals surface area contributed by atoms with Gasteiger partial charge in [-0.05, 0) is 64.0 Å². The van der Waals surface area contributed by atoms with Crippen LogP contribution in [0.15, 0.2) is 36.5 Å². The first-order valence-electron chi connectivity index (χ1n) is 9.80. The molecule has 0 saturated carbocycles. The highest BCUT2D eigenvalue weighted by Crippen LogP contribution is 2.32. The van der Waals surface area contributed by atoms with E-state index in [1.165, 1.54) is 19.1 Å². The topological polar surface area (TPSA) is 120 Å². The molecular formula is C21H17F4IN4O4S. The Morgan fingerprint density at radius 3 is 2.40 bits per heavy atom. The summed E-state index contributed by atoms with van der Waals surface area (Å²) in [5.74, 6) is -7.41. The molecule has 0 amide bonds. The molecular weight excluding hydrogens is 607 g/mol. The van der Waals surface area contributed by atoms with Crippen LogP contribution in [-0.4, -0.2) is 31.0 Å². The molecule has 0 atom stereocenters. The summed E-state index contributed by atoms with van der Waals surface area (Å²) in [5, 5.41) is 11.8. The minimum absolute atomic E-state index is 0.0194. The highest BCUT2D eigenvalue weighted by Gasteiger charge is 2.25. The number of carbonyl (C=O) groups is 1. The lowest BCUT2D eigenvalue weighted by molar-refractivity contribution is 0.0697. The second-order valence-electron chi connectivity index (χ2n) is 7.05. The van der Waals surface area contributed by atoms with Gasteiger partial charge in [-0.15, -0.1) is 0 Å². The molecule has 3 rings (SSSR count). The molecule has 0 unspecified atom stereocenters. The summed E-state index contributed by atoms with van der Waals surface area (Å²) < 4.78 is 87.0. The number of carboxylic acid groups (broad SMARTS) is 1. The fraction of sp³-hybridized carbons (Fsp3) is 0.143. The van der Waals surface area contributed by atoms with Crippen LogP contribution in [0.1, 0.15) is 28.4 Å². The number of nitrogens with zero attached hydrogens (tertiary/aromatic N) is 1. The second kappa shape index (κ2) is 10.7. The van der Waals surface area contributed by atoms with E-state index in [2.05, 4.69) is 15.0 Å². The van der Waals surface area contributed by atoms with E-state index >= 15 is 0 Å². The highest BCUT2D eigenvalue weighted by atomic mass is 127. The van der Waals surface area contributed by atoms with E-state index in [0.717, 1.165) is 24.4 Å². The minimum atomic E-state index is -4.12. The smallest absolute Gasteiger partial charge is 0.337 e. The Hall–Kier alpha value is -2.98. The Balaban J connectivity index is 2.02. The molecule has 35 heavy (non-hydrogen) atoms. The third kappa shape index (κ3) is 6.18. The van der Waals surface area contributed by atoms with Crippen LogP contribution >= 0.6 is 22.6 Å². The third-order valence-corrected chi connectivity index (χ3v) is 6.42. The molecule has 0 spiro atoms. The van der Waals surface area contributed by atoms with Gasteiger partial charge in [-0.2, -0.15) is 13.1 Å². The van der Waals surface area contributed by atoms with Gasteiger partial charge >= 0.3 is 5.97 Å². The lowest BCUT2D eigenvalue weighted by Gasteiger charge is -2.15. The van der Waals surface area contributed by atoms with Gasteiger partial charge in [0, 0.05) is 22.7 Å². The predicted molar refractivity (Wildman–Crippen MR) is 129 cm³/mol. The summed E-state index contributed by atoms with van der Waals surface area (Å²) in [5.41, 5.74) is -2.63. The Morgan fingerprint density at radius 1 is 1.06 bits per heavy atom. The van der Waals surface area contributed by atoms with Gasteiger partial charge in [0.05, 0.1) is 16.9 Å². The second-order valence-corrected chi connectivity index (χ2v) is 9.80. The molecule has 4 N–H and O–H groups in total. The summed E-state index contributed by atoms with van der Waals surface area (Å²) in [4.78, 5) is 15.4. The maximum absolute atomic E-state index is 14.9. The average Bonchev–Trinajstić information content (AvgIpc) is 2.77. The Morgan fingerprint density at radius 2 is 1.77 bits per heavy atom. The first-order chi connectivity index (χ1) is 16.4. The number of aromatic nitrogens is 1. The van der Waals surface area contributed by atoms with E-state index in [4.69, 9.17) is 0 Å². The molecule has 1 aromatic heterocycles. The number of benzene rings is 2. The van der Waals surface area contributed by atoms with Crippen LogP contribution < -0.4 is 14.8 Å². The summed E-state index contributed by atoms with van der Waals surface area (Å²) in [6, 6.07) is 5.71. The van der Waals surface area contributed by atoms with Crippen LogP contribution in [0.5, 0.6) is 0 Å². The van der Waals surface area contributed by atoms with Crippen molar-refractivity contribution in [2.75, 3.05) is 16.6 Å². The van der Waals surface area contributed by atoms with Crippen molar-refractivity contribution >= 4 is 56.0 Å². The van der Waals surface area contributed by atoms with E-state index in [0.29, 0.717) is 3.57 Å². The quantitative estimate of drug-likeness (QED) is 0.205. The van der Waals surface area contributed by atoms with Gasteiger partial charge in [0.2, 0.25) is 0 Å². The van der Waals surface area contributed by atoms with Crippen LogP contribution in [0.25, 0.3) is 0 Å². The van der Waals surface area contributed by atoms with Crippen molar-refractivity contribution in [1.82, 2.24) is 9.71 Å². The van der Waals surface area contributed by atoms with Crippen molar-refractivity contribution in [3.8, 4) is 0 Å². The van der Waals surface area contributed by atoms with Crippen LogP contribution in [0.4, 0.5) is 34.8 Å². The monoisotopic (exact) mass is 624 g/mol. The minimum Gasteiger partial charge on any atom is -0.478 e. The molecule has 186 valence electrons. The van der Waals surface area contributed by atoms with Crippen LogP contribution in [0.2, 0.25) is 0 Å². The lowest BCUT2D eigenvalue weighted by atomic mass is 10.00. The SMILES string of the molecule is CCNS(=O)(=O)Nc1nccc(Cc2cc(C(=O)O)c(Nc3ccc(I)cc3F)c(F)c2F)c1F. The fourth-order valence-electron chi connectivity index (χ4n) is 3.07. The predicted octanol–water partition coefficient (Wildman–Crippen LogP) is 4.54. The lowest BCUT2D eigenvalue weighted by Crippen LogP contribution is -2.30. The van der Waals surface area contributed by atoms with E-state index in [1.54, 1.807) is 0 Å². The molecule has 0 radical (unpaired) electrons.